The number of carbonyl (C=O) groups excluding carboxylic acids is 1. The number of likely N-dealkylation sites (N-methyl/N-ethyl adjacent to an activating group) is 1. The summed E-state index contributed by atoms with van der Waals surface area (Å²) in [7, 11) is 3.28. The summed E-state index contributed by atoms with van der Waals surface area (Å²) in [6.07, 6.45) is 7.32. The minimum Gasteiger partial charge on any atom is -0.468 e. The van der Waals surface area contributed by atoms with Gasteiger partial charge < -0.3 is 14.8 Å². The number of esters is 1. The fourth-order valence-corrected chi connectivity index (χ4v) is 2.68. The first-order chi connectivity index (χ1) is 8.68. The third-order valence-electron chi connectivity index (χ3n) is 3.86. The summed E-state index contributed by atoms with van der Waals surface area (Å²) in [4.78, 5) is 11.9. The Bertz CT molecular complexity index is 257. The van der Waals surface area contributed by atoms with Gasteiger partial charge in [0, 0.05) is 13.0 Å². The summed E-state index contributed by atoms with van der Waals surface area (Å²) >= 11 is 0. The normalized spacial score (nSPS) is 28.1. The van der Waals surface area contributed by atoms with Gasteiger partial charge in [-0.05, 0) is 32.7 Å². The molecule has 1 aliphatic carbocycles. The highest BCUT2D eigenvalue weighted by atomic mass is 16.5. The van der Waals surface area contributed by atoms with Crippen LogP contribution in [0.15, 0.2) is 0 Å². The zero-order valence-corrected chi connectivity index (χ0v) is 12.0. The summed E-state index contributed by atoms with van der Waals surface area (Å²) in [5.74, 6) is -0.160. The quantitative estimate of drug-likeness (QED) is 0.561. The van der Waals surface area contributed by atoms with Gasteiger partial charge >= 0.3 is 5.97 Å². The Morgan fingerprint density at radius 1 is 1.44 bits per heavy atom. The van der Waals surface area contributed by atoms with Crippen molar-refractivity contribution in [3.8, 4) is 0 Å². The van der Waals surface area contributed by atoms with Crippen LogP contribution in [0.3, 0.4) is 0 Å². The van der Waals surface area contributed by atoms with Crippen LogP contribution < -0.4 is 5.32 Å². The van der Waals surface area contributed by atoms with E-state index in [0.717, 1.165) is 38.7 Å². The molecule has 0 saturated heterocycles. The topological polar surface area (TPSA) is 47.6 Å². The van der Waals surface area contributed by atoms with Crippen LogP contribution in [0.25, 0.3) is 0 Å². The van der Waals surface area contributed by atoms with Crippen LogP contribution in [-0.4, -0.2) is 38.4 Å². The molecule has 2 atom stereocenters. The smallest absolute Gasteiger partial charge is 0.326 e. The van der Waals surface area contributed by atoms with Gasteiger partial charge in [-0.15, -0.1) is 0 Å². The predicted octanol–water partition coefficient (Wildman–Crippen LogP) is 2.27. The average molecular weight is 257 g/mol. The lowest BCUT2D eigenvalue weighted by Gasteiger charge is -2.38. The molecule has 0 aromatic heterocycles. The van der Waals surface area contributed by atoms with E-state index in [1.54, 1.807) is 0 Å². The Labute approximate surface area is 110 Å². The molecular formula is C14H27NO3. The molecule has 0 heterocycles. The number of nitrogens with one attached hydrogen (secondary N) is 1. The van der Waals surface area contributed by atoms with Crippen LogP contribution in [0.5, 0.6) is 0 Å². The van der Waals surface area contributed by atoms with Crippen LogP contribution in [0.2, 0.25) is 0 Å². The molecule has 0 aromatic rings. The van der Waals surface area contributed by atoms with E-state index in [4.69, 9.17) is 9.47 Å². The van der Waals surface area contributed by atoms with E-state index < -0.39 is 5.54 Å². The maximum atomic E-state index is 11.9. The molecule has 1 N–H and O–H groups in total. The van der Waals surface area contributed by atoms with Crippen molar-refractivity contribution >= 4 is 5.97 Å². The van der Waals surface area contributed by atoms with Crippen molar-refractivity contribution in [1.29, 1.82) is 0 Å². The van der Waals surface area contributed by atoms with E-state index in [0.29, 0.717) is 0 Å². The molecule has 4 nitrogen and oxygen atoms in total. The van der Waals surface area contributed by atoms with E-state index in [2.05, 4.69) is 12.2 Å². The molecule has 1 fully saturated rings. The van der Waals surface area contributed by atoms with Crippen LogP contribution in [0, 0.1) is 0 Å². The fourth-order valence-electron chi connectivity index (χ4n) is 2.68. The average Bonchev–Trinajstić information content (AvgIpc) is 2.43. The minimum absolute atomic E-state index is 0.160. The second kappa shape index (κ2) is 7.74. The Morgan fingerprint density at radius 3 is 2.83 bits per heavy atom. The van der Waals surface area contributed by atoms with Gasteiger partial charge in [0.15, 0.2) is 0 Å². The number of carbonyl (C=O) groups is 1. The summed E-state index contributed by atoms with van der Waals surface area (Å²) < 4.78 is 10.8. The summed E-state index contributed by atoms with van der Waals surface area (Å²) in [5, 5.41) is 3.15. The van der Waals surface area contributed by atoms with Gasteiger partial charge in [-0.2, -0.15) is 0 Å². The van der Waals surface area contributed by atoms with Crippen molar-refractivity contribution in [2.45, 2.75) is 63.5 Å². The van der Waals surface area contributed by atoms with Crippen molar-refractivity contribution in [1.82, 2.24) is 5.32 Å². The number of rotatable bonds is 7. The predicted molar refractivity (Wildman–Crippen MR) is 71.5 cm³/mol. The SMILES string of the molecule is CCCCCOC1CCCC(NC)(C(=O)OC)C1. The van der Waals surface area contributed by atoms with Crippen LogP contribution >= 0.6 is 0 Å². The fraction of sp³-hybridized carbons (Fsp3) is 0.929. The second-order valence-corrected chi connectivity index (χ2v) is 5.12. The molecule has 106 valence electrons. The van der Waals surface area contributed by atoms with Gasteiger partial charge in [0.2, 0.25) is 0 Å². The monoisotopic (exact) mass is 257 g/mol. The van der Waals surface area contributed by atoms with E-state index in [9.17, 15) is 4.79 Å². The van der Waals surface area contributed by atoms with Crippen LogP contribution in [-0.2, 0) is 14.3 Å². The lowest BCUT2D eigenvalue weighted by Crippen LogP contribution is -2.55. The molecule has 1 saturated carbocycles. The first-order valence-electron chi connectivity index (χ1n) is 7.07. The zero-order chi connectivity index (χ0) is 13.4. The minimum atomic E-state index is -0.539. The second-order valence-electron chi connectivity index (χ2n) is 5.12. The molecule has 0 aliphatic heterocycles. The van der Waals surface area contributed by atoms with Gasteiger partial charge in [0.05, 0.1) is 13.2 Å². The van der Waals surface area contributed by atoms with Gasteiger partial charge in [-0.3, -0.25) is 4.79 Å². The number of methoxy groups -OCH3 is 1. The first-order valence-corrected chi connectivity index (χ1v) is 7.07. The summed E-state index contributed by atoms with van der Waals surface area (Å²) in [6, 6.07) is 0. The highest BCUT2D eigenvalue weighted by Gasteiger charge is 2.42. The Balaban J connectivity index is 2.45. The Morgan fingerprint density at radius 2 is 2.22 bits per heavy atom. The maximum Gasteiger partial charge on any atom is 0.326 e. The number of hydrogen-bond acceptors (Lipinski definition) is 4. The van der Waals surface area contributed by atoms with Crippen LogP contribution in [0.1, 0.15) is 51.9 Å². The lowest BCUT2D eigenvalue weighted by atomic mass is 9.80. The lowest BCUT2D eigenvalue weighted by molar-refractivity contribution is -0.152. The molecule has 0 amide bonds. The standard InChI is InChI=1S/C14H27NO3/c1-4-5-6-10-18-12-8-7-9-14(11-12,15-2)13(16)17-3/h12,15H,4-11H2,1-3H3. The van der Waals surface area contributed by atoms with Crippen molar-refractivity contribution < 1.29 is 14.3 Å². The van der Waals surface area contributed by atoms with Crippen molar-refractivity contribution in [3.05, 3.63) is 0 Å². The largest absolute Gasteiger partial charge is 0.468 e. The molecular weight excluding hydrogens is 230 g/mol. The number of unbranched alkanes of at least 4 members (excludes halogenated alkanes) is 2. The summed E-state index contributed by atoms with van der Waals surface area (Å²) in [5.41, 5.74) is -0.539. The molecule has 0 radical (unpaired) electrons. The third kappa shape index (κ3) is 3.95. The molecule has 18 heavy (non-hydrogen) atoms. The van der Waals surface area contributed by atoms with Crippen molar-refractivity contribution in [3.63, 3.8) is 0 Å². The van der Waals surface area contributed by atoms with E-state index in [1.807, 2.05) is 7.05 Å². The Hall–Kier alpha value is -0.610. The molecule has 0 spiro atoms. The van der Waals surface area contributed by atoms with Crippen LogP contribution in [0.4, 0.5) is 0 Å². The molecule has 0 aromatic carbocycles. The van der Waals surface area contributed by atoms with E-state index >= 15 is 0 Å². The molecule has 2 unspecified atom stereocenters. The zero-order valence-electron chi connectivity index (χ0n) is 12.0. The van der Waals surface area contributed by atoms with Gasteiger partial charge in [0.1, 0.15) is 5.54 Å². The van der Waals surface area contributed by atoms with E-state index in [1.165, 1.54) is 20.0 Å². The molecule has 4 heteroatoms. The van der Waals surface area contributed by atoms with Gasteiger partial charge in [-0.25, -0.2) is 0 Å². The molecule has 0 bridgehead atoms. The third-order valence-corrected chi connectivity index (χ3v) is 3.86. The molecule has 1 rings (SSSR count). The summed E-state index contributed by atoms with van der Waals surface area (Å²) in [6.45, 7) is 2.99. The highest BCUT2D eigenvalue weighted by Crippen LogP contribution is 2.31. The van der Waals surface area contributed by atoms with Gasteiger partial charge in [0.25, 0.3) is 0 Å². The highest BCUT2D eigenvalue weighted by molar-refractivity contribution is 5.80. The number of ether oxygens (including phenoxy) is 2. The van der Waals surface area contributed by atoms with Crippen molar-refractivity contribution in [2.24, 2.45) is 0 Å². The van der Waals surface area contributed by atoms with Gasteiger partial charge in [-0.1, -0.05) is 19.8 Å². The number of hydrogen-bond donors (Lipinski definition) is 1. The maximum absolute atomic E-state index is 11.9. The Kier molecular flexibility index (Phi) is 6.65. The van der Waals surface area contributed by atoms with Crippen molar-refractivity contribution in [2.75, 3.05) is 20.8 Å². The molecule has 1 aliphatic rings. The first kappa shape index (κ1) is 15.4. The van der Waals surface area contributed by atoms with E-state index in [-0.39, 0.29) is 12.1 Å².